The van der Waals surface area contributed by atoms with Crippen LogP contribution in [0.15, 0.2) is 18.3 Å². The summed E-state index contributed by atoms with van der Waals surface area (Å²) in [6.45, 7) is 4.67. The Balaban J connectivity index is 1.98. The molecule has 1 fully saturated rings. The number of piperidine rings is 1. The molecule has 84 valence electrons. The average Bonchev–Trinajstić information content (AvgIpc) is 2.81. The number of likely N-dealkylation sites (N-methyl/N-ethyl adjacent to an activating group) is 1. The highest BCUT2D eigenvalue weighted by Gasteiger charge is 2.23. The molecule has 0 bridgehead atoms. The lowest BCUT2D eigenvalue weighted by Gasteiger charge is -2.36. The fourth-order valence-electron chi connectivity index (χ4n) is 2.39. The molecule has 3 heteroatoms. The third-order valence-corrected chi connectivity index (χ3v) is 3.48. The van der Waals surface area contributed by atoms with Gasteiger partial charge in [-0.2, -0.15) is 0 Å². The summed E-state index contributed by atoms with van der Waals surface area (Å²) in [7, 11) is 2.06. The van der Waals surface area contributed by atoms with Crippen LogP contribution in [-0.4, -0.2) is 36.1 Å². The van der Waals surface area contributed by atoms with Crippen molar-refractivity contribution in [3.05, 3.63) is 24.0 Å². The molecule has 0 unspecified atom stereocenters. The van der Waals surface area contributed by atoms with Gasteiger partial charge in [-0.1, -0.05) is 0 Å². The maximum absolute atomic E-state index is 3.38. The van der Waals surface area contributed by atoms with Crippen molar-refractivity contribution in [2.24, 2.45) is 0 Å². The summed E-state index contributed by atoms with van der Waals surface area (Å²) in [4.78, 5) is 5.86. The summed E-state index contributed by atoms with van der Waals surface area (Å²) in [5, 5.41) is 3.38. The molecule has 0 aliphatic carbocycles. The number of nitrogens with zero attached hydrogens (tertiary/aromatic N) is 1. The Hall–Kier alpha value is -0.800. The Morgan fingerprint density at radius 1 is 1.60 bits per heavy atom. The van der Waals surface area contributed by atoms with Crippen LogP contribution in [0.25, 0.3) is 0 Å². The van der Waals surface area contributed by atoms with E-state index in [1.54, 1.807) is 0 Å². The summed E-state index contributed by atoms with van der Waals surface area (Å²) in [6.07, 6.45) is 4.62. The molecule has 2 heterocycles. The first kappa shape index (κ1) is 10.7. The maximum atomic E-state index is 3.38. The minimum absolute atomic E-state index is 0.510. The first-order valence-corrected chi connectivity index (χ1v) is 5.86. The Labute approximate surface area is 91.9 Å². The molecular weight excluding hydrogens is 186 g/mol. The fourth-order valence-corrected chi connectivity index (χ4v) is 2.39. The maximum Gasteiger partial charge on any atom is 0.0470 e. The summed E-state index contributed by atoms with van der Waals surface area (Å²) >= 11 is 0. The van der Waals surface area contributed by atoms with Gasteiger partial charge in [0.25, 0.3) is 0 Å². The number of H-pyrrole nitrogens is 1. The van der Waals surface area contributed by atoms with E-state index in [-0.39, 0.29) is 0 Å². The van der Waals surface area contributed by atoms with Gasteiger partial charge in [-0.25, -0.2) is 0 Å². The number of aromatic amines is 1. The SMILES string of the molecule is CN[C@@H]1CCCN([C@H](C)c2ccc[nH]2)C1. The second kappa shape index (κ2) is 4.81. The molecule has 1 saturated heterocycles. The van der Waals surface area contributed by atoms with E-state index < -0.39 is 0 Å². The van der Waals surface area contributed by atoms with Crippen molar-refractivity contribution < 1.29 is 0 Å². The molecule has 1 aliphatic rings. The van der Waals surface area contributed by atoms with Gasteiger partial charge in [-0.3, -0.25) is 4.90 Å². The summed E-state index contributed by atoms with van der Waals surface area (Å²) in [6, 6.07) is 5.42. The minimum Gasteiger partial charge on any atom is -0.364 e. The molecule has 15 heavy (non-hydrogen) atoms. The zero-order chi connectivity index (χ0) is 10.7. The summed E-state index contributed by atoms with van der Waals surface area (Å²) in [5.74, 6) is 0. The molecule has 0 radical (unpaired) electrons. The van der Waals surface area contributed by atoms with Crippen LogP contribution >= 0.6 is 0 Å². The first-order chi connectivity index (χ1) is 7.31. The van der Waals surface area contributed by atoms with E-state index in [0.29, 0.717) is 12.1 Å². The summed E-state index contributed by atoms with van der Waals surface area (Å²) < 4.78 is 0. The minimum atomic E-state index is 0.510. The number of hydrogen-bond acceptors (Lipinski definition) is 2. The van der Waals surface area contributed by atoms with Crippen LogP contribution in [0, 0.1) is 0 Å². The molecule has 3 nitrogen and oxygen atoms in total. The zero-order valence-electron chi connectivity index (χ0n) is 9.66. The number of hydrogen-bond donors (Lipinski definition) is 2. The van der Waals surface area contributed by atoms with Gasteiger partial charge in [0.2, 0.25) is 0 Å². The Morgan fingerprint density at radius 3 is 3.13 bits per heavy atom. The van der Waals surface area contributed by atoms with E-state index in [1.165, 1.54) is 25.1 Å². The van der Waals surface area contributed by atoms with Crippen molar-refractivity contribution in [3.8, 4) is 0 Å². The highest BCUT2D eigenvalue weighted by atomic mass is 15.2. The van der Waals surface area contributed by atoms with Crippen LogP contribution in [0.5, 0.6) is 0 Å². The second-order valence-electron chi connectivity index (χ2n) is 4.42. The van der Waals surface area contributed by atoms with Gasteiger partial charge >= 0.3 is 0 Å². The van der Waals surface area contributed by atoms with E-state index in [1.807, 2.05) is 6.20 Å². The van der Waals surface area contributed by atoms with Crippen LogP contribution in [-0.2, 0) is 0 Å². The smallest absolute Gasteiger partial charge is 0.0470 e. The second-order valence-corrected chi connectivity index (χ2v) is 4.42. The van der Waals surface area contributed by atoms with Gasteiger partial charge < -0.3 is 10.3 Å². The number of aromatic nitrogens is 1. The third-order valence-electron chi connectivity index (χ3n) is 3.48. The zero-order valence-corrected chi connectivity index (χ0v) is 9.66. The van der Waals surface area contributed by atoms with Crippen molar-refractivity contribution in [1.82, 2.24) is 15.2 Å². The Morgan fingerprint density at radius 2 is 2.47 bits per heavy atom. The van der Waals surface area contributed by atoms with Crippen LogP contribution in [0.1, 0.15) is 31.5 Å². The predicted octanol–water partition coefficient (Wildman–Crippen LogP) is 1.76. The standard InChI is InChI=1S/C12H21N3/c1-10(12-6-3-7-14-12)15-8-4-5-11(9-15)13-2/h3,6-7,10-11,13-14H,4-5,8-9H2,1-2H3/t10-,11-/m1/s1. The lowest BCUT2D eigenvalue weighted by Crippen LogP contribution is -2.45. The highest BCUT2D eigenvalue weighted by Crippen LogP contribution is 2.22. The highest BCUT2D eigenvalue weighted by molar-refractivity contribution is 5.08. The molecule has 1 aromatic heterocycles. The van der Waals surface area contributed by atoms with Crippen LogP contribution in [0.4, 0.5) is 0 Å². The van der Waals surface area contributed by atoms with Crippen molar-refractivity contribution in [1.29, 1.82) is 0 Å². The van der Waals surface area contributed by atoms with Gasteiger partial charge in [-0.05, 0) is 45.5 Å². The van der Waals surface area contributed by atoms with E-state index in [0.717, 1.165) is 6.54 Å². The van der Waals surface area contributed by atoms with Gasteiger partial charge in [-0.15, -0.1) is 0 Å². The number of rotatable bonds is 3. The topological polar surface area (TPSA) is 31.1 Å². The molecule has 2 N–H and O–H groups in total. The first-order valence-electron chi connectivity index (χ1n) is 5.86. The molecule has 0 aromatic carbocycles. The monoisotopic (exact) mass is 207 g/mol. The van der Waals surface area contributed by atoms with Crippen LogP contribution < -0.4 is 5.32 Å². The lowest BCUT2D eigenvalue weighted by molar-refractivity contribution is 0.147. The Kier molecular flexibility index (Phi) is 3.44. The average molecular weight is 207 g/mol. The van der Waals surface area contributed by atoms with Crippen LogP contribution in [0.3, 0.4) is 0 Å². The van der Waals surface area contributed by atoms with Crippen molar-refractivity contribution in [3.63, 3.8) is 0 Å². The molecule has 1 aromatic rings. The lowest BCUT2D eigenvalue weighted by atomic mass is 10.0. The quantitative estimate of drug-likeness (QED) is 0.791. The van der Waals surface area contributed by atoms with Gasteiger partial charge in [0.1, 0.15) is 0 Å². The van der Waals surface area contributed by atoms with Crippen LogP contribution in [0.2, 0.25) is 0 Å². The van der Waals surface area contributed by atoms with Gasteiger partial charge in [0.05, 0.1) is 0 Å². The van der Waals surface area contributed by atoms with Gasteiger partial charge in [0, 0.05) is 30.5 Å². The van der Waals surface area contributed by atoms with E-state index >= 15 is 0 Å². The molecule has 2 rings (SSSR count). The third kappa shape index (κ3) is 2.41. The fraction of sp³-hybridized carbons (Fsp3) is 0.667. The molecule has 2 atom stereocenters. The predicted molar refractivity (Wildman–Crippen MR) is 62.9 cm³/mol. The van der Waals surface area contributed by atoms with Crippen molar-refractivity contribution in [2.75, 3.05) is 20.1 Å². The molecule has 1 aliphatic heterocycles. The molecule has 0 amide bonds. The van der Waals surface area contributed by atoms with E-state index in [2.05, 4.69) is 41.3 Å². The normalized spacial score (nSPS) is 25.3. The van der Waals surface area contributed by atoms with Crippen molar-refractivity contribution >= 4 is 0 Å². The summed E-state index contributed by atoms with van der Waals surface area (Å²) in [5.41, 5.74) is 1.33. The molecular formula is C12H21N3. The largest absolute Gasteiger partial charge is 0.364 e. The molecule has 0 saturated carbocycles. The van der Waals surface area contributed by atoms with Gasteiger partial charge in [0.15, 0.2) is 0 Å². The van der Waals surface area contributed by atoms with Crippen molar-refractivity contribution in [2.45, 2.75) is 31.8 Å². The van der Waals surface area contributed by atoms with E-state index in [4.69, 9.17) is 0 Å². The molecule has 0 spiro atoms. The number of nitrogens with one attached hydrogen (secondary N) is 2. The van der Waals surface area contributed by atoms with E-state index in [9.17, 15) is 0 Å². The Bertz CT molecular complexity index is 281. The number of likely N-dealkylation sites (tertiary alicyclic amines) is 1.